The SMILES string of the molecule is COc1ccc2cc1OCCCNC(=O)c1cc(ccc1F)Oc1ccc3c(c1)CCN(S(=O)(=O)N1CCOCC1)C23. The average Bonchev–Trinajstić information content (AvgIpc) is 3.01. The lowest BCUT2D eigenvalue weighted by Gasteiger charge is -2.40. The van der Waals surface area contributed by atoms with Gasteiger partial charge in [-0.25, -0.2) is 4.39 Å². The molecule has 4 aliphatic rings. The number of nitrogens with one attached hydrogen (secondary N) is 1. The maximum absolute atomic E-state index is 14.5. The zero-order chi connectivity index (χ0) is 29.3. The van der Waals surface area contributed by atoms with Gasteiger partial charge in [-0.3, -0.25) is 4.79 Å². The number of hydrogen-bond acceptors (Lipinski definition) is 7. The standard InChI is InChI=1S/C30H32FN3O7S/c1-38-27-8-3-21-18-28(27)40-14-2-10-32-30(35)25-19-23(5-7-26(25)31)41-22-4-6-24-20(17-22)9-11-34(29(21)24)42(36,37)33-12-15-39-16-13-33/h3-8,17-19,29H,2,9-16H2,1H3,(H,32,35). The summed E-state index contributed by atoms with van der Waals surface area (Å²) >= 11 is 0. The van der Waals surface area contributed by atoms with Gasteiger partial charge in [0.1, 0.15) is 17.3 Å². The van der Waals surface area contributed by atoms with Gasteiger partial charge in [0.25, 0.3) is 16.1 Å². The second-order valence-corrected chi connectivity index (χ2v) is 12.1. The number of ether oxygens (including phenoxy) is 4. The van der Waals surface area contributed by atoms with Crippen LogP contribution in [-0.2, 0) is 21.4 Å². The number of methoxy groups -OCH3 is 1. The summed E-state index contributed by atoms with van der Waals surface area (Å²) < 4.78 is 68.6. The molecule has 1 amide bonds. The molecule has 0 radical (unpaired) electrons. The maximum atomic E-state index is 14.5. The minimum atomic E-state index is -3.83. The molecule has 7 rings (SSSR count). The number of halogens is 1. The van der Waals surface area contributed by atoms with Crippen LogP contribution in [0.5, 0.6) is 23.0 Å². The zero-order valence-electron chi connectivity index (χ0n) is 23.2. The molecule has 0 saturated carbocycles. The van der Waals surface area contributed by atoms with E-state index in [4.69, 9.17) is 18.9 Å². The van der Waals surface area contributed by atoms with E-state index in [1.807, 2.05) is 24.3 Å². The van der Waals surface area contributed by atoms with Gasteiger partial charge in [0.2, 0.25) is 0 Å². The molecule has 0 aromatic heterocycles. The highest BCUT2D eigenvalue weighted by molar-refractivity contribution is 7.86. The third-order valence-corrected chi connectivity index (χ3v) is 9.68. The number of carbonyl (C=O) groups excluding carboxylic acids is 1. The fourth-order valence-electron chi connectivity index (χ4n) is 5.57. The molecule has 0 aliphatic carbocycles. The molecule has 1 N–H and O–H groups in total. The smallest absolute Gasteiger partial charge is 0.283 e. The van der Waals surface area contributed by atoms with Crippen molar-refractivity contribution in [3.63, 3.8) is 0 Å². The van der Waals surface area contributed by atoms with Crippen molar-refractivity contribution in [1.29, 1.82) is 0 Å². The molecule has 4 aliphatic heterocycles. The van der Waals surface area contributed by atoms with Crippen LogP contribution in [0.2, 0.25) is 0 Å². The van der Waals surface area contributed by atoms with Gasteiger partial charge in [-0.1, -0.05) is 12.1 Å². The van der Waals surface area contributed by atoms with E-state index in [2.05, 4.69) is 5.32 Å². The fourth-order valence-corrected chi connectivity index (χ4v) is 7.30. The van der Waals surface area contributed by atoms with Crippen molar-refractivity contribution >= 4 is 16.1 Å². The van der Waals surface area contributed by atoms with Gasteiger partial charge in [0.05, 0.1) is 38.5 Å². The summed E-state index contributed by atoms with van der Waals surface area (Å²) in [6, 6.07) is 14.3. The van der Waals surface area contributed by atoms with E-state index in [1.165, 1.54) is 29.6 Å². The van der Waals surface area contributed by atoms with Crippen molar-refractivity contribution < 1.29 is 36.6 Å². The summed E-state index contributed by atoms with van der Waals surface area (Å²) in [5.41, 5.74) is 2.35. The van der Waals surface area contributed by atoms with Gasteiger partial charge >= 0.3 is 0 Å². The van der Waals surface area contributed by atoms with Crippen molar-refractivity contribution in [1.82, 2.24) is 13.9 Å². The van der Waals surface area contributed by atoms with Crippen molar-refractivity contribution in [2.24, 2.45) is 0 Å². The topological polar surface area (TPSA) is 107 Å². The van der Waals surface area contributed by atoms with Gasteiger partial charge in [-0.2, -0.15) is 17.0 Å². The van der Waals surface area contributed by atoms with Gasteiger partial charge in [0, 0.05) is 26.2 Å². The third kappa shape index (κ3) is 5.54. The van der Waals surface area contributed by atoms with Crippen LogP contribution in [0.1, 0.15) is 39.5 Å². The predicted molar refractivity (Wildman–Crippen MR) is 152 cm³/mol. The number of benzene rings is 3. The van der Waals surface area contributed by atoms with Crippen LogP contribution < -0.4 is 19.5 Å². The van der Waals surface area contributed by atoms with Crippen LogP contribution in [0, 0.1) is 5.82 Å². The lowest BCUT2D eigenvalue weighted by molar-refractivity contribution is 0.0693. The van der Waals surface area contributed by atoms with Crippen LogP contribution in [0.3, 0.4) is 0 Å². The molecule has 3 aromatic rings. The van der Waals surface area contributed by atoms with Crippen molar-refractivity contribution in [3.05, 3.63) is 82.7 Å². The van der Waals surface area contributed by atoms with Crippen LogP contribution in [0.25, 0.3) is 0 Å². The molecule has 12 heteroatoms. The minimum absolute atomic E-state index is 0.120. The number of nitrogens with zero attached hydrogens (tertiary/aromatic N) is 2. The Bertz CT molecular complexity index is 1590. The van der Waals surface area contributed by atoms with Gasteiger partial charge < -0.3 is 24.3 Å². The van der Waals surface area contributed by atoms with E-state index in [1.54, 1.807) is 16.4 Å². The highest BCUT2D eigenvalue weighted by Gasteiger charge is 2.40. The van der Waals surface area contributed by atoms with Crippen molar-refractivity contribution in [3.8, 4) is 23.0 Å². The molecular weight excluding hydrogens is 565 g/mol. The average molecular weight is 598 g/mol. The Morgan fingerprint density at radius 3 is 2.57 bits per heavy atom. The third-order valence-electron chi connectivity index (χ3n) is 7.68. The van der Waals surface area contributed by atoms with E-state index in [0.717, 1.165) is 16.7 Å². The number of morpholine rings is 1. The van der Waals surface area contributed by atoms with Crippen LogP contribution in [0.15, 0.2) is 54.6 Å². The Morgan fingerprint density at radius 2 is 1.76 bits per heavy atom. The highest BCUT2D eigenvalue weighted by Crippen LogP contribution is 2.42. The molecule has 42 heavy (non-hydrogen) atoms. The predicted octanol–water partition coefficient (Wildman–Crippen LogP) is 3.66. The molecule has 4 heterocycles. The Kier molecular flexibility index (Phi) is 8.04. The van der Waals surface area contributed by atoms with E-state index >= 15 is 0 Å². The highest BCUT2D eigenvalue weighted by atomic mass is 32.2. The molecule has 1 unspecified atom stereocenters. The molecule has 222 valence electrons. The fraction of sp³-hybridized carbons (Fsp3) is 0.367. The van der Waals surface area contributed by atoms with Crippen molar-refractivity contribution in [2.75, 3.05) is 53.1 Å². The van der Waals surface area contributed by atoms with E-state index in [9.17, 15) is 17.6 Å². The Labute approximate surface area is 244 Å². The van der Waals surface area contributed by atoms with Crippen LogP contribution in [0.4, 0.5) is 4.39 Å². The van der Waals surface area contributed by atoms with Crippen molar-refractivity contribution in [2.45, 2.75) is 18.9 Å². The van der Waals surface area contributed by atoms with Gasteiger partial charge in [-0.05, 0) is 72.0 Å². The second-order valence-electron chi connectivity index (χ2n) is 10.3. The molecule has 10 nitrogen and oxygen atoms in total. The molecular formula is C30H32FN3O7S. The Balaban J connectivity index is 1.46. The van der Waals surface area contributed by atoms with E-state index in [-0.39, 0.29) is 25.3 Å². The van der Waals surface area contributed by atoms with Crippen LogP contribution >= 0.6 is 0 Å². The molecule has 1 saturated heterocycles. The second kappa shape index (κ2) is 11.9. The summed E-state index contributed by atoms with van der Waals surface area (Å²) in [6.07, 6.45) is 0.909. The molecule has 1 atom stereocenters. The first-order valence-electron chi connectivity index (χ1n) is 13.9. The number of amides is 1. The summed E-state index contributed by atoms with van der Waals surface area (Å²) in [4.78, 5) is 12.7. The first-order chi connectivity index (χ1) is 20.3. The summed E-state index contributed by atoms with van der Waals surface area (Å²) in [7, 11) is -2.29. The lowest BCUT2D eigenvalue weighted by Crippen LogP contribution is -2.51. The zero-order valence-corrected chi connectivity index (χ0v) is 24.0. The number of carbonyl (C=O) groups is 1. The Hall–Kier alpha value is -3.71. The monoisotopic (exact) mass is 597 g/mol. The molecule has 1 fully saturated rings. The normalized spacial score (nSPS) is 20.0. The number of rotatable bonds is 3. The maximum Gasteiger partial charge on any atom is 0.283 e. The van der Waals surface area contributed by atoms with Gasteiger partial charge in [0.15, 0.2) is 11.5 Å². The molecule has 3 aromatic carbocycles. The number of hydrogen-bond donors (Lipinski definition) is 1. The summed E-state index contributed by atoms with van der Waals surface area (Å²) in [5.74, 6) is 0.565. The van der Waals surface area contributed by atoms with E-state index in [0.29, 0.717) is 62.1 Å². The largest absolute Gasteiger partial charge is 0.493 e. The minimum Gasteiger partial charge on any atom is -0.493 e. The summed E-state index contributed by atoms with van der Waals surface area (Å²) in [5, 5.41) is 2.72. The quantitative estimate of drug-likeness (QED) is 0.491. The summed E-state index contributed by atoms with van der Waals surface area (Å²) in [6.45, 7) is 2.03. The van der Waals surface area contributed by atoms with Crippen LogP contribution in [-0.4, -0.2) is 76.0 Å². The first-order valence-corrected chi connectivity index (χ1v) is 15.3. The first kappa shape index (κ1) is 28.4. The van der Waals surface area contributed by atoms with Gasteiger partial charge in [-0.15, -0.1) is 0 Å². The lowest BCUT2D eigenvalue weighted by atomic mass is 9.89. The van der Waals surface area contributed by atoms with E-state index < -0.39 is 28.0 Å². The number of fused-ring (bicyclic) bond motifs is 6. The molecule has 8 bridgehead atoms. The molecule has 0 spiro atoms. The Morgan fingerprint density at radius 1 is 0.976 bits per heavy atom.